The third-order valence-electron chi connectivity index (χ3n) is 3.63. The van der Waals surface area contributed by atoms with E-state index in [1.54, 1.807) is 0 Å². The van der Waals surface area contributed by atoms with E-state index < -0.39 is 0 Å². The average molecular weight is 251 g/mol. The van der Waals surface area contributed by atoms with Gasteiger partial charge in [-0.05, 0) is 14.0 Å². The van der Waals surface area contributed by atoms with Gasteiger partial charge in [-0.2, -0.15) is 0 Å². The number of likely N-dealkylation sites (N-methyl/N-ethyl adjacent to an activating group) is 1. The van der Waals surface area contributed by atoms with E-state index in [0.717, 1.165) is 32.0 Å². The lowest BCUT2D eigenvalue weighted by atomic mass is 10.3. The number of aryl methyl sites for hydroxylation is 1. The van der Waals surface area contributed by atoms with E-state index in [0.29, 0.717) is 0 Å². The van der Waals surface area contributed by atoms with Gasteiger partial charge in [0.25, 0.3) is 0 Å². The van der Waals surface area contributed by atoms with Crippen LogP contribution in [0.2, 0.25) is 0 Å². The van der Waals surface area contributed by atoms with E-state index in [1.807, 2.05) is 12.4 Å². The van der Waals surface area contributed by atoms with Crippen molar-refractivity contribution in [1.82, 2.24) is 24.7 Å². The number of nitrogens with zero attached hydrogens (tertiary/aromatic N) is 4. The fourth-order valence-electron chi connectivity index (χ4n) is 2.30. The first-order valence-electron chi connectivity index (χ1n) is 6.91. The molecule has 5 heteroatoms. The molecule has 0 amide bonds. The number of piperazine rings is 1. The van der Waals surface area contributed by atoms with Gasteiger partial charge in [0.15, 0.2) is 0 Å². The van der Waals surface area contributed by atoms with Gasteiger partial charge in [0.2, 0.25) is 0 Å². The minimum absolute atomic E-state index is 0.870. The summed E-state index contributed by atoms with van der Waals surface area (Å²) < 4.78 is 2.18. The van der Waals surface area contributed by atoms with Crippen molar-refractivity contribution in [2.75, 3.05) is 46.3 Å². The highest BCUT2D eigenvalue weighted by Crippen LogP contribution is 1.99. The molecule has 0 unspecified atom stereocenters. The number of rotatable bonds is 6. The molecule has 0 aliphatic carbocycles. The quantitative estimate of drug-likeness (QED) is 0.735. The Morgan fingerprint density at radius 2 is 2.06 bits per heavy atom. The second-order valence-electron chi connectivity index (χ2n) is 4.95. The van der Waals surface area contributed by atoms with Crippen LogP contribution in [0.1, 0.15) is 12.7 Å². The molecule has 102 valence electrons. The molecule has 0 radical (unpaired) electrons. The van der Waals surface area contributed by atoms with Crippen molar-refractivity contribution in [2.24, 2.45) is 0 Å². The summed E-state index contributed by atoms with van der Waals surface area (Å²) in [5, 5.41) is 3.48. The SMILES string of the molecule is CCn1ccnc1CNCCN1CCN(C)CC1. The molecule has 0 aromatic carbocycles. The van der Waals surface area contributed by atoms with Crippen LogP contribution in [-0.4, -0.2) is 65.7 Å². The molecule has 2 heterocycles. The van der Waals surface area contributed by atoms with Gasteiger partial charge in [-0.1, -0.05) is 0 Å². The van der Waals surface area contributed by atoms with Crippen LogP contribution in [0.15, 0.2) is 12.4 Å². The van der Waals surface area contributed by atoms with Gasteiger partial charge in [-0.15, -0.1) is 0 Å². The molecule has 1 saturated heterocycles. The van der Waals surface area contributed by atoms with Crippen molar-refractivity contribution < 1.29 is 0 Å². The van der Waals surface area contributed by atoms with Crippen LogP contribution in [-0.2, 0) is 13.1 Å². The monoisotopic (exact) mass is 251 g/mol. The summed E-state index contributed by atoms with van der Waals surface area (Å²) in [7, 11) is 2.19. The number of nitrogens with one attached hydrogen (secondary N) is 1. The third-order valence-corrected chi connectivity index (χ3v) is 3.63. The molecule has 1 aromatic heterocycles. The van der Waals surface area contributed by atoms with E-state index in [9.17, 15) is 0 Å². The molecule has 1 fully saturated rings. The van der Waals surface area contributed by atoms with E-state index in [2.05, 4.69) is 38.6 Å². The van der Waals surface area contributed by atoms with Crippen LogP contribution in [0.4, 0.5) is 0 Å². The van der Waals surface area contributed by atoms with Crippen molar-refractivity contribution in [2.45, 2.75) is 20.0 Å². The van der Waals surface area contributed by atoms with Crippen LogP contribution in [0.25, 0.3) is 0 Å². The highest BCUT2D eigenvalue weighted by Gasteiger charge is 2.12. The minimum atomic E-state index is 0.870. The van der Waals surface area contributed by atoms with Crippen LogP contribution in [0.3, 0.4) is 0 Å². The topological polar surface area (TPSA) is 36.3 Å². The molecule has 2 rings (SSSR count). The number of aromatic nitrogens is 2. The minimum Gasteiger partial charge on any atom is -0.334 e. The standard InChI is InChI=1S/C13H25N5/c1-3-18-7-5-15-13(18)12-14-4-6-17-10-8-16(2)9-11-17/h5,7,14H,3-4,6,8-12H2,1-2H3. The van der Waals surface area contributed by atoms with Crippen molar-refractivity contribution in [3.8, 4) is 0 Å². The molecule has 18 heavy (non-hydrogen) atoms. The first kappa shape index (κ1) is 13.5. The summed E-state index contributed by atoms with van der Waals surface area (Å²) >= 11 is 0. The second kappa shape index (κ2) is 6.87. The third kappa shape index (κ3) is 3.80. The maximum Gasteiger partial charge on any atom is 0.122 e. The Labute approximate surface area is 110 Å². The van der Waals surface area contributed by atoms with Crippen LogP contribution < -0.4 is 5.32 Å². The van der Waals surface area contributed by atoms with E-state index in [4.69, 9.17) is 0 Å². The van der Waals surface area contributed by atoms with Gasteiger partial charge in [-0.25, -0.2) is 4.98 Å². The second-order valence-corrected chi connectivity index (χ2v) is 4.95. The zero-order chi connectivity index (χ0) is 12.8. The molecular weight excluding hydrogens is 226 g/mol. The zero-order valence-corrected chi connectivity index (χ0v) is 11.6. The van der Waals surface area contributed by atoms with Gasteiger partial charge in [0.1, 0.15) is 5.82 Å². The Kier molecular flexibility index (Phi) is 5.16. The van der Waals surface area contributed by atoms with Crippen LogP contribution in [0.5, 0.6) is 0 Å². The van der Waals surface area contributed by atoms with E-state index in [-0.39, 0.29) is 0 Å². The Morgan fingerprint density at radius 3 is 2.78 bits per heavy atom. The number of imidazole rings is 1. The molecule has 5 nitrogen and oxygen atoms in total. The van der Waals surface area contributed by atoms with Crippen LogP contribution >= 0.6 is 0 Å². The maximum absolute atomic E-state index is 4.36. The van der Waals surface area contributed by atoms with Gasteiger partial charge in [0.05, 0.1) is 6.54 Å². The maximum atomic E-state index is 4.36. The van der Waals surface area contributed by atoms with E-state index >= 15 is 0 Å². The van der Waals surface area contributed by atoms with Crippen molar-refractivity contribution in [3.05, 3.63) is 18.2 Å². The molecule has 0 spiro atoms. The Hall–Kier alpha value is -0.910. The molecule has 0 saturated carbocycles. The lowest BCUT2D eigenvalue weighted by Gasteiger charge is -2.32. The first-order chi connectivity index (χ1) is 8.79. The summed E-state index contributed by atoms with van der Waals surface area (Å²) in [6.07, 6.45) is 3.92. The average Bonchev–Trinajstić information content (AvgIpc) is 2.84. The summed E-state index contributed by atoms with van der Waals surface area (Å²) in [5.74, 6) is 1.14. The van der Waals surface area contributed by atoms with Gasteiger partial charge >= 0.3 is 0 Å². The highest BCUT2D eigenvalue weighted by atomic mass is 15.2. The number of hydrogen-bond acceptors (Lipinski definition) is 4. The van der Waals surface area contributed by atoms with Gasteiger partial charge < -0.3 is 14.8 Å². The fourth-order valence-corrected chi connectivity index (χ4v) is 2.30. The Balaban J connectivity index is 1.61. The molecule has 0 atom stereocenters. The van der Waals surface area contributed by atoms with E-state index in [1.165, 1.54) is 26.2 Å². The van der Waals surface area contributed by atoms with Gasteiger partial charge in [0, 0.05) is 58.2 Å². The fraction of sp³-hybridized carbons (Fsp3) is 0.769. The smallest absolute Gasteiger partial charge is 0.122 e. The first-order valence-corrected chi connectivity index (χ1v) is 6.91. The van der Waals surface area contributed by atoms with Crippen LogP contribution in [0, 0.1) is 0 Å². The summed E-state index contributed by atoms with van der Waals surface area (Å²) in [6.45, 7) is 11.0. The Bertz CT molecular complexity index is 341. The zero-order valence-electron chi connectivity index (χ0n) is 11.6. The predicted molar refractivity (Wildman–Crippen MR) is 73.5 cm³/mol. The summed E-state index contributed by atoms with van der Waals surface area (Å²) in [6, 6.07) is 0. The molecular formula is C13H25N5. The lowest BCUT2D eigenvalue weighted by Crippen LogP contribution is -2.46. The summed E-state index contributed by atoms with van der Waals surface area (Å²) in [4.78, 5) is 9.28. The van der Waals surface area contributed by atoms with Crippen molar-refractivity contribution >= 4 is 0 Å². The molecule has 1 aliphatic heterocycles. The van der Waals surface area contributed by atoms with Gasteiger partial charge in [-0.3, -0.25) is 4.90 Å². The Morgan fingerprint density at radius 1 is 1.28 bits per heavy atom. The molecule has 1 N–H and O–H groups in total. The van der Waals surface area contributed by atoms with Crippen molar-refractivity contribution in [3.63, 3.8) is 0 Å². The van der Waals surface area contributed by atoms with Crippen molar-refractivity contribution in [1.29, 1.82) is 0 Å². The predicted octanol–water partition coefficient (Wildman–Crippen LogP) is 0.240. The number of hydrogen-bond donors (Lipinski definition) is 1. The molecule has 1 aromatic rings. The normalized spacial score (nSPS) is 18.3. The highest BCUT2D eigenvalue weighted by molar-refractivity contribution is 4.91. The largest absolute Gasteiger partial charge is 0.334 e. The molecule has 1 aliphatic rings. The lowest BCUT2D eigenvalue weighted by molar-refractivity contribution is 0.154. The molecule has 0 bridgehead atoms. The summed E-state index contributed by atoms with van der Waals surface area (Å²) in [5.41, 5.74) is 0.